The number of nitrogens with zero attached hydrogens (tertiary/aromatic N) is 2. The van der Waals surface area contributed by atoms with Crippen molar-refractivity contribution in [2.24, 2.45) is 0 Å². The minimum absolute atomic E-state index is 0.260. The van der Waals surface area contributed by atoms with Gasteiger partial charge in [-0.05, 0) is 42.3 Å². The largest absolute Gasteiger partial charge is 0.381 e. The lowest BCUT2D eigenvalue weighted by Crippen LogP contribution is -2.22. The van der Waals surface area contributed by atoms with E-state index in [1.807, 2.05) is 19.1 Å². The second-order valence-corrected chi connectivity index (χ2v) is 7.58. The molecule has 0 unspecified atom stereocenters. The molecule has 0 atom stereocenters. The van der Waals surface area contributed by atoms with E-state index in [2.05, 4.69) is 11.4 Å². The van der Waals surface area contributed by atoms with Gasteiger partial charge in [0, 0.05) is 26.3 Å². The van der Waals surface area contributed by atoms with Crippen LogP contribution in [0.2, 0.25) is 0 Å². The number of hydrogen-bond acceptors (Lipinski definition) is 4. The van der Waals surface area contributed by atoms with E-state index in [-0.39, 0.29) is 4.90 Å². The number of nitrogens with one attached hydrogen (secondary N) is 1. The second kappa shape index (κ2) is 6.82. The van der Waals surface area contributed by atoms with Crippen LogP contribution in [-0.2, 0) is 16.6 Å². The third-order valence-electron chi connectivity index (χ3n) is 3.55. The number of aryl methyl sites for hydroxylation is 1. The molecule has 120 valence electrons. The van der Waals surface area contributed by atoms with E-state index in [9.17, 15) is 8.42 Å². The van der Waals surface area contributed by atoms with Crippen LogP contribution in [-0.4, -0.2) is 26.8 Å². The highest BCUT2D eigenvalue weighted by molar-refractivity contribution is 7.89. The molecular weight excluding hydrogens is 310 g/mol. The third-order valence-corrected chi connectivity index (χ3v) is 5.36. The summed E-state index contributed by atoms with van der Waals surface area (Å²) in [6, 6.07) is 14.4. The predicted octanol–water partition coefficient (Wildman–Crippen LogP) is 2.73. The minimum Gasteiger partial charge on any atom is -0.381 e. The molecule has 0 saturated carbocycles. The molecule has 0 aromatic heterocycles. The second-order valence-electron chi connectivity index (χ2n) is 5.43. The first-order valence-electron chi connectivity index (χ1n) is 7.10. The van der Waals surface area contributed by atoms with Crippen LogP contribution in [0, 0.1) is 18.3 Å². The first-order chi connectivity index (χ1) is 10.8. The summed E-state index contributed by atoms with van der Waals surface area (Å²) in [7, 11) is -0.425. The zero-order chi connectivity index (χ0) is 17.0. The van der Waals surface area contributed by atoms with Gasteiger partial charge in [-0.3, -0.25) is 0 Å². The molecule has 0 fully saturated rings. The van der Waals surface area contributed by atoms with E-state index in [0.29, 0.717) is 12.1 Å². The Labute approximate surface area is 137 Å². The number of nitriles is 1. The van der Waals surface area contributed by atoms with Crippen molar-refractivity contribution >= 4 is 15.7 Å². The van der Waals surface area contributed by atoms with Crippen LogP contribution >= 0.6 is 0 Å². The molecule has 0 aliphatic heterocycles. The molecule has 0 saturated heterocycles. The quantitative estimate of drug-likeness (QED) is 0.915. The fraction of sp³-hybridized carbons (Fsp3) is 0.235. The van der Waals surface area contributed by atoms with Crippen molar-refractivity contribution in [2.45, 2.75) is 18.4 Å². The van der Waals surface area contributed by atoms with Crippen molar-refractivity contribution < 1.29 is 8.42 Å². The molecule has 0 aliphatic carbocycles. The van der Waals surface area contributed by atoms with Gasteiger partial charge in [-0.1, -0.05) is 18.2 Å². The van der Waals surface area contributed by atoms with E-state index in [1.165, 1.54) is 18.4 Å². The van der Waals surface area contributed by atoms with Crippen molar-refractivity contribution in [1.29, 1.82) is 5.26 Å². The fourth-order valence-electron chi connectivity index (χ4n) is 2.06. The van der Waals surface area contributed by atoms with Gasteiger partial charge in [0.2, 0.25) is 10.0 Å². The molecule has 2 aromatic rings. The van der Waals surface area contributed by atoms with Gasteiger partial charge in [-0.2, -0.15) is 5.26 Å². The maximum absolute atomic E-state index is 12.2. The first kappa shape index (κ1) is 17.0. The molecule has 0 bridgehead atoms. The van der Waals surface area contributed by atoms with Gasteiger partial charge in [-0.15, -0.1) is 0 Å². The normalized spacial score (nSPS) is 11.3. The SMILES string of the molecule is Cc1ccc(S(=O)(=O)N(C)C)cc1NCc1ccc(C#N)cc1. The summed E-state index contributed by atoms with van der Waals surface area (Å²) >= 11 is 0. The first-order valence-corrected chi connectivity index (χ1v) is 8.54. The molecular formula is C17H19N3O2S. The molecule has 0 amide bonds. The topological polar surface area (TPSA) is 73.2 Å². The van der Waals surface area contributed by atoms with Crippen molar-refractivity contribution in [3.8, 4) is 6.07 Å². The predicted molar refractivity (Wildman–Crippen MR) is 90.5 cm³/mol. The van der Waals surface area contributed by atoms with Crippen molar-refractivity contribution in [1.82, 2.24) is 4.31 Å². The average Bonchev–Trinajstić information content (AvgIpc) is 2.54. The summed E-state index contributed by atoms with van der Waals surface area (Å²) < 4.78 is 25.6. The summed E-state index contributed by atoms with van der Waals surface area (Å²) in [5, 5.41) is 12.1. The highest BCUT2D eigenvalue weighted by atomic mass is 32.2. The molecule has 1 N–H and O–H groups in total. The number of benzene rings is 2. The van der Waals surface area contributed by atoms with Gasteiger partial charge >= 0.3 is 0 Å². The Balaban J connectivity index is 2.21. The van der Waals surface area contributed by atoms with Gasteiger partial charge in [-0.25, -0.2) is 12.7 Å². The number of hydrogen-bond donors (Lipinski definition) is 1. The lowest BCUT2D eigenvalue weighted by molar-refractivity contribution is 0.521. The van der Waals surface area contributed by atoms with Crippen LogP contribution in [0.15, 0.2) is 47.4 Å². The smallest absolute Gasteiger partial charge is 0.242 e. The van der Waals surface area contributed by atoms with Crippen molar-refractivity contribution in [3.05, 3.63) is 59.2 Å². The molecule has 2 aromatic carbocycles. The highest BCUT2D eigenvalue weighted by Gasteiger charge is 2.17. The van der Waals surface area contributed by atoms with Crippen LogP contribution in [0.5, 0.6) is 0 Å². The molecule has 5 nitrogen and oxygen atoms in total. The van der Waals surface area contributed by atoms with Crippen LogP contribution < -0.4 is 5.32 Å². The maximum Gasteiger partial charge on any atom is 0.242 e. The summed E-state index contributed by atoms with van der Waals surface area (Å²) in [6.07, 6.45) is 0. The number of sulfonamides is 1. The van der Waals surface area contributed by atoms with E-state index in [0.717, 1.165) is 16.8 Å². The summed E-state index contributed by atoms with van der Waals surface area (Å²) in [6.45, 7) is 2.48. The Morgan fingerprint density at radius 3 is 2.35 bits per heavy atom. The van der Waals surface area contributed by atoms with Gasteiger partial charge in [0.05, 0.1) is 16.5 Å². The van der Waals surface area contributed by atoms with Gasteiger partial charge in [0.25, 0.3) is 0 Å². The molecule has 0 heterocycles. The van der Waals surface area contributed by atoms with Gasteiger partial charge < -0.3 is 5.32 Å². The van der Waals surface area contributed by atoms with Crippen LogP contribution in [0.1, 0.15) is 16.7 Å². The lowest BCUT2D eigenvalue weighted by atomic mass is 10.1. The molecule has 0 radical (unpaired) electrons. The maximum atomic E-state index is 12.2. The Bertz CT molecular complexity index is 835. The fourth-order valence-corrected chi connectivity index (χ4v) is 2.99. The molecule has 0 aliphatic rings. The van der Waals surface area contributed by atoms with Gasteiger partial charge in [0.1, 0.15) is 0 Å². The van der Waals surface area contributed by atoms with Crippen LogP contribution in [0.25, 0.3) is 0 Å². The number of anilines is 1. The minimum atomic E-state index is -3.45. The number of rotatable bonds is 5. The Morgan fingerprint density at radius 1 is 1.13 bits per heavy atom. The summed E-state index contributed by atoms with van der Waals surface area (Å²) in [5.41, 5.74) is 3.38. The Kier molecular flexibility index (Phi) is 5.04. The van der Waals surface area contributed by atoms with E-state index in [1.54, 1.807) is 30.3 Å². The molecule has 6 heteroatoms. The Hall–Kier alpha value is -2.36. The standard InChI is InChI=1S/C17H19N3O2S/c1-13-4-9-16(23(21,22)20(2)3)10-17(13)19-12-15-7-5-14(11-18)6-8-15/h4-10,19H,12H2,1-3H3. The summed E-state index contributed by atoms with van der Waals surface area (Å²) in [4.78, 5) is 0.260. The van der Waals surface area contributed by atoms with Gasteiger partial charge in [0.15, 0.2) is 0 Å². The zero-order valence-corrected chi connectivity index (χ0v) is 14.2. The molecule has 2 rings (SSSR count). The van der Waals surface area contributed by atoms with Crippen molar-refractivity contribution in [3.63, 3.8) is 0 Å². The highest BCUT2D eigenvalue weighted by Crippen LogP contribution is 2.22. The van der Waals surface area contributed by atoms with E-state index < -0.39 is 10.0 Å². The third kappa shape index (κ3) is 3.89. The summed E-state index contributed by atoms with van der Waals surface area (Å²) in [5.74, 6) is 0. The zero-order valence-electron chi connectivity index (χ0n) is 13.4. The van der Waals surface area contributed by atoms with Crippen LogP contribution in [0.4, 0.5) is 5.69 Å². The van der Waals surface area contributed by atoms with Crippen LogP contribution in [0.3, 0.4) is 0 Å². The van der Waals surface area contributed by atoms with Crippen molar-refractivity contribution in [2.75, 3.05) is 19.4 Å². The monoisotopic (exact) mass is 329 g/mol. The van der Waals surface area contributed by atoms with E-state index >= 15 is 0 Å². The lowest BCUT2D eigenvalue weighted by Gasteiger charge is -2.15. The average molecular weight is 329 g/mol. The molecule has 0 spiro atoms. The Morgan fingerprint density at radius 2 is 1.78 bits per heavy atom. The molecule has 23 heavy (non-hydrogen) atoms. The van der Waals surface area contributed by atoms with E-state index in [4.69, 9.17) is 5.26 Å².